The fraction of sp³-hybridized carbons (Fsp3) is 0.125. The van der Waals surface area contributed by atoms with E-state index in [1.165, 1.54) is 5.56 Å². The Bertz CT molecular complexity index is 818. The van der Waals surface area contributed by atoms with Crippen molar-refractivity contribution in [3.8, 4) is 0 Å². The Labute approximate surface area is 121 Å². The molecule has 3 rings (SSSR count). The lowest BCUT2D eigenvalue weighted by Crippen LogP contribution is -2.25. The second-order valence-corrected chi connectivity index (χ2v) is 4.83. The highest BCUT2D eigenvalue weighted by Gasteiger charge is 2.07. The molecule has 1 amide bonds. The van der Waals surface area contributed by atoms with Crippen LogP contribution in [0.25, 0.3) is 11.0 Å². The van der Waals surface area contributed by atoms with Gasteiger partial charge in [0.05, 0.1) is 11.0 Å². The topological polar surface area (TPSA) is 77.8 Å². The molecule has 1 heterocycles. The summed E-state index contributed by atoms with van der Waals surface area (Å²) in [5, 5.41) is 2.88. The van der Waals surface area contributed by atoms with Crippen molar-refractivity contribution in [1.29, 1.82) is 0 Å². The van der Waals surface area contributed by atoms with Crippen LogP contribution in [0.3, 0.4) is 0 Å². The molecule has 5 nitrogen and oxygen atoms in total. The van der Waals surface area contributed by atoms with Crippen molar-refractivity contribution in [2.45, 2.75) is 6.42 Å². The van der Waals surface area contributed by atoms with Gasteiger partial charge >= 0.3 is 5.69 Å². The summed E-state index contributed by atoms with van der Waals surface area (Å²) in [4.78, 5) is 28.6. The average Bonchev–Trinajstić information content (AvgIpc) is 2.87. The molecule has 0 saturated carbocycles. The van der Waals surface area contributed by atoms with Crippen LogP contribution in [0.4, 0.5) is 0 Å². The first-order valence-corrected chi connectivity index (χ1v) is 6.76. The van der Waals surface area contributed by atoms with E-state index >= 15 is 0 Å². The fourth-order valence-corrected chi connectivity index (χ4v) is 2.24. The van der Waals surface area contributed by atoms with Crippen molar-refractivity contribution in [3.63, 3.8) is 0 Å². The summed E-state index contributed by atoms with van der Waals surface area (Å²) < 4.78 is 0. The normalized spacial score (nSPS) is 10.7. The molecule has 0 radical (unpaired) electrons. The molecular formula is C16H15N3O2. The van der Waals surface area contributed by atoms with Crippen LogP contribution in [0.5, 0.6) is 0 Å². The maximum absolute atomic E-state index is 12.1. The quantitative estimate of drug-likeness (QED) is 0.682. The smallest absolute Gasteiger partial charge is 0.323 e. The zero-order chi connectivity index (χ0) is 14.7. The molecular weight excluding hydrogens is 266 g/mol. The number of amides is 1. The molecule has 0 aliphatic rings. The van der Waals surface area contributed by atoms with Crippen molar-refractivity contribution < 1.29 is 4.79 Å². The lowest BCUT2D eigenvalue weighted by atomic mass is 10.1. The largest absolute Gasteiger partial charge is 0.352 e. The zero-order valence-electron chi connectivity index (χ0n) is 11.3. The molecule has 0 aliphatic heterocycles. The standard InChI is InChI=1S/C16H15N3O2/c20-15(17-9-8-11-4-2-1-3-5-11)12-6-7-13-14(10-12)19-16(21)18-13/h1-7,10H,8-9H2,(H,17,20)(H2,18,19,21). The van der Waals surface area contributed by atoms with E-state index < -0.39 is 0 Å². The fourth-order valence-electron chi connectivity index (χ4n) is 2.24. The number of imidazole rings is 1. The summed E-state index contributed by atoms with van der Waals surface area (Å²) in [6.07, 6.45) is 0.788. The lowest BCUT2D eigenvalue weighted by Gasteiger charge is -2.05. The third-order valence-corrected chi connectivity index (χ3v) is 3.32. The molecule has 0 atom stereocenters. The van der Waals surface area contributed by atoms with Gasteiger partial charge in [0.2, 0.25) is 0 Å². The number of nitrogens with one attached hydrogen (secondary N) is 3. The third-order valence-electron chi connectivity index (χ3n) is 3.32. The van der Waals surface area contributed by atoms with Gasteiger partial charge in [-0.3, -0.25) is 4.79 Å². The van der Waals surface area contributed by atoms with Crippen LogP contribution >= 0.6 is 0 Å². The molecule has 2 aromatic carbocycles. The van der Waals surface area contributed by atoms with Gasteiger partial charge in [0.15, 0.2) is 0 Å². The monoisotopic (exact) mass is 281 g/mol. The number of hydrogen-bond acceptors (Lipinski definition) is 2. The van der Waals surface area contributed by atoms with E-state index in [2.05, 4.69) is 15.3 Å². The Hall–Kier alpha value is -2.82. The van der Waals surface area contributed by atoms with Crippen LogP contribution in [-0.4, -0.2) is 22.4 Å². The van der Waals surface area contributed by atoms with Gasteiger partial charge in [-0.15, -0.1) is 0 Å². The molecule has 106 valence electrons. The Morgan fingerprint density at radius 3 is 2.57 bits per heavy atom. The van der Waals surface area contributed by atoms with Crippen LogP contribution in [0.15, 0.2) is 53.3 Å². The molecule has 1 aromatic heterocycles. The number of fused-ring (bicyclic) bond motifs is 1. The first-order chi connectivity index (χ1) is 10.2. The van der Waals surface area contributed by atoms with E-state index in [1.54, 1.807) is 18.2 Å². The van der Waals surface area contributed by atoms with Crippen LogP contribution < -0.4 is 11.0 Å². The lowest BCUT2D eigenvalue weighted by molar-refractivity contribution is 0.0954. The summed E-state index contributed by atoms with van der Waals surface area (Å²) in [5.41, 5.74) is 2.78. The van der Waals surface area contributed by atoms with Crippen molar-refractivity contribution in [1.82, 2.24) is 15.3 Å². The van der Waals surface area contributed by atoms with Gasteiger partial charge in [0.1, 0.15) is 0 Å². The molecule has 0 fully saturated rings. The summed E-state index contributed by atoms with van der Waals surface area (Å²) in [6.45, 7) is 0.574. The van der Waals surface area contributed by atoms with E-state index in [9.17, 15) is 9.59 Å². The van der Waals surface area contributed by atoms with E-state index in [-0.39, 0.29) is 11.6 Å². The van der Waals surface area contributed by atoms with Gasteiger partial charge in [-0.1, -0.05) is 30.3 Å². The van der Waals surface area contributed by atoms with Gasteiger partial charge in [-0.05, 0) is 30.2 Å². The second-order valence-electron chi connectivity index (χ2n) is 4.83. The SMILES string of the molecule is O=C(NCCc1ccccc1)c1ccc2[nH]c(=O)[nH]c2c1. The Morgan fingerprint density at radius 1 is 1.00 bits per heavy atom. The van der Waals surface area contributed by atoms with Crippen molar-refractivity contribution >= 4 is 16.9 Å². The summed E-state index contributed by atoms with van der Waals surface area (Å²) in [6, 6.07) is 15.1. The summed E-state index contributed by atoms with van der Waals surface area (Å²) in [7, 11) is 0. The minimum atomic E-state index is -0.272. The maximum atomic E-state index is 12.1. The molecule has 0 spiro atoms. The average molecular weight is 281 g/mol. The number of carbonyl (C=O) groups excluding carboxylic acids is 1. The van der Waals surface area contributed by atoms with Crippen molar-refractivity contribution in [2.24, 2.45) is 0 Å². The molecule has 21 heavy (non-hydrogen) atoms. The summed E-state index contributed by atoms with van der Waals surface area (Å²) >= 11 is 0. The first-order valence-electron chi connectivity index (χ1n) is 6.76. The third kappa shape index (κ3) is 3.02. The first kappa shape index (κ1) is 13.2. The van der Waals surface area contributed by atoms with Crippen LogP contribution in [0, 0.1) is 0 Å². The van der Waals surface area contributed by atoms with E-state index in [0.717, 1.165) is 6.42 Å². The molecule has 0 unspecified atom stereocenters. The van der Waals surface area contributed by atoms with Gasteiger partial charge in [0.25, 0.3) is 5.91 Å². The highest BCUT2D eigenvalue weighted by Crippen LogP contribution is 2.10. The van der Waals surface area contributed by atoms with Crippen molar-refractivity contribution in [2.75, 3.05) is 6.54 Å². The number of carbonyl (C=O) groups is 1. The Balaban J connectivity index is 1.65. The number of rotatable bonds is 4. The number of benzene rings is 2. The highest BCUT2D eigenvalue weighted by atomic mass is 16.2. The number of hydrogen-bond donors (Lipinski definition) is 3. The number of H-pyrrole nitrogens is 2. The minimum Gasteiger partial charge on any atom is -0.352 e. The molecule has 3 N–H and O–H groups in total. The number of aromatic nitrogens is 2. The number of aromatic amines is 2. The van der Waals surface area contributed by atoms with Crippen molar-refractivity contribution in [3.05, 3.63) is 70.1 Å². The molecule has 5 heteroatoms. The zero-order valence-corrected chi connectivity index (χ0v) is 11.3. The van der Waals surface area contributed by atoms with Crippen LogP contribution in [-0.2, 0) is 6.42 Å². The van der Waals surface area contributed by atoms with E-state index in [4.69, 9.17) is 0 Å². The van der Waals surface area contributed by atoms with Gasteiger partial charge in [-0.25, -0.2) is 4.79 Å². The second kappa shape index (κ2) is 5.66. The van der Waals surface area contributed by atoms with Crippen LogP contribution in [0.2, 0.25) is 0 Å². The highest BCUT2D eigenvalue weighted by molar-refractivity contribution is 5.97. The van der Waals surface area contributed by atoms with Crippen LogP contribution in [0.1, 0.15) is 15.9 Å². The van der Waals surface area contributed by atoms with Gasteiger partial charge in [0, 0.05) is 12.1 Å². The maximum Gasteiger partial charge on any atom is 0.323 e. The van der Waals surface area contributed by atoms with Gasteiger partial charge < -0.3 is 15.3 Å². The predicted molar refractivity (Wildman–Crippen MR) is 81.4 cm³/mol. The Kier molecular flexibility index (Phi) is 3.55. The van der Waals surface area contributed by atoms with Gasteiger partial charge in [-0.2, -0.15) is 0 Å². The molecule has 0 aliphatic carbocycles. The molecule has 0 saturated heterocycles. The van der Waals surface area contributed by atoms with E-state index in [0.29, 0.717) is 23.1 Å². The minimum absolute atomic E-state index is 0.144. The Morgan fingerprint density at radius 2 is 1.76 bits per heavy atom. The molecule has 3 aromatic rings. The van der Waals surface area contributed by atoms with E-state index in [1.807, 2.05) is 30.3 Å². The summed E-state index contributed by atoms with van der Waals surface area (Å²) in [5.74, 6) is -0.144. The molecule has 0 bridgehead atoms. The predicted octanol–water partition coefficient (Wildman–Crippen LogP) is 1.83.